The maximum absolute atomic E-state index is 3.96. The first-order chi connectivity index (χ1) is 4.75. The Labute approximate surface area is 66.8 Å². The summed E-state index contributed by atoms with van der Waals surface area (Å²) in [6.07, 6.45) is 4.42. The van der Waals surface area contributed by atoms with Gasteiger partial charge in [0.05, 0.1) is 5.03 Å². The van der Waals surface area contributed by atoms with Crippen molar-refractivity contribution in [1.29, 1.82) is 0 Å². The van der Waals surface area contributed by atoms with Gasteiger partial charge >= 0.3 is 0 Å². The number of likely N-dealkylation sites (tertiary alicyclic amines) is 1. The first kappa shape index (κ1) is 7.73. The molecule has 1 nitrogen and oxygen atoms in total. The van der Waals surface area contributed by atoms with E-state index < -0.39 is 0 Å². The lowest BCUT2D eigenvalue weighted by molar-refractivity contribution is 0.526. The maximum atomic E-state index is 3.96. The molecule has 10 heavy (non-hydrogen) atoms. The number of hydrogen-bond acceptors (Lipinski definition) is 2. The van der Waals surface area contributed by atoms with E-state index in [9.17, 15) is 0 Å². The van der Waals surface area contributed by atoms with Crippen LogP contribution in [-0.2, 0) is 0 Å². The Bertz CT molecular complexity index is 163. The van der Waals surface area contributed by atoms with Gasteiger partial charge in [0.15, 0.2) is 0 Å². The minimum atomic E-state index is 1.11. The Balaban J connectivity index is 2.55. The van der Waals surface area contributed by atoms with Crippen LogP contribution in [0.25, 0.3) is 0 Å². The van der Waals surface area contributed by atoms with Gasteiger partial charge in [-0.05, 0) is 19.1 Å². The molecule has 0 aromatic heterocycles. The van der Waals surface area contributed by atoms with E-state index in [1.807, 2.05) is 6.26 Å². The molecule has 0 aliphatic carbocycles. The van der Waals surface area contributed by atoms with Crippen LogP contribution in [0.4, 0.5) is 0 Å². The summed E-state index contributed by atoms with van der Waals surface area (Å²) in [6.45, 7) is 9.00. The van der Waals surface area contributed by atoms with Gasteiger partial charge in [0.2, 0.25) is 0 Å². The summed E-state index contributed by atoms with van der Waals surface area (Å²) in [6, 6.07) is 0. The highest BCUT2D eigenvalue weighted by Gasteiger charge is 2.16. The molecular formula is C8H13NS. The average Bonchev–Trinajstić information content (AvgIpc) is 2.34. The summed E-state index contributed by atoms with van der Waals surface area (Å²) < 4.78 is 0. The Morgan fingerprint density at radius 2 is 2.40 bits per heavy atom. The SMILES string of the molecule is C=C1CCCN1C(=C)SC. The van der Waals surface area contributed by atoms with Gasteiger partial charge in [-0.1, -0.05) is 13.2 Å². The summed E-state index contributed by atoms with van der Waals surface area (Å²) in [4.78, 5) is 2.20. The van der Waals surface area contributed by atoms with Gasteiger partial charge in [-0.15, -0.1) is 11.8 Å². The molecule has 2 heteroatoms. The van der Waals surface area contributed by atoms with Crippen molar-refractivity contribution in [1.82, 2.24) is 4.90 Å². The van der Waals surface area contributed by atoms with Crippen molar-refractivity contribution in [2.75, 3.05) is 12.8 Å². The van der Waals surface area contributed by atoms with Crippen molar-refractivity contribution < 1.29 is 0 Å². The third-order valence-electron chi connectivity index (χ3n) is 1.77. The van der Waals surface area contributed by atoms with Crippen molar-refractivity contribution in [3.8, 4) is 0 Å². The first-order valence-electron chi connectivity index (χ1n) is 3.44. The molecule has 0 saturated carbocycles. The van der Waals surface area contributed by atoms with Gasteiger partial charge in [0.1, 0.15) is 0 Å². The molecule has 0 aromatic carbocycles. The zero-order valence-corrected chi connectivity index (χ0v) is 7.21. The fourth-order valence-corrected chi connectivity index (χ4v) is 1.59. The van der Waals surface area contributed by atoms with Crippen molar-refractivity contribution in [3.05, 3.63) is 23.9 Å². The van der Waals surface area contributed by atoms with Gasteiger partial charge < -0.3 is 4.90 Å². The molecule has 1 aliphatic heterocycles. The van der Waals surface area contributed by atoms with E-state index in [0.29, 0.717) is 0 Å². The summed E-state index contributed by atoms with van der Waals surface area (Å²) in [5.74, 6) is 0. The lowest BCUT2D eigenvalue weighted by Crippen LogP contribution is -2.12. The molecular weight excluding hydrogens is 142 g/mol. The molecule has 1 fully saturated rings. The maximum Gasteiger partial charge on any atom is 0.0673 e. The number of hydrogen-bond donors (Lipinski definition) is 0. The van der Waals surface area contributed by atoms with E-state index >= 15 is 0 Å². The van der Waals surface area contributed by atoms with E-state index in [1.54, 1.807) is 11.8 Å². The molecule has 0 bridgehead atoms. The predicted octanol–water partition coefficient (Wildman–Crippen LogP) is 2.43. The molecule has 0 aromatic rings. The highest BCUT2D eigenvalue weighted by Crippen LogP contribution is 2.27. The third-order valence-corrected chi connectivity index (χ3v) is 2.46. The van der Waals surface area contributed by atoms with E-state index in [0.717, 1.165) is 18.0 Å². The number of rotatable bonds is 2. The van der Waals surface area contributed by atoms with Crippen LogP contribution < -0.4 is 0 Å². The third kappa shape index (κ3) is 1.37. The lowest BCUT2D eigenvalue weighted by atomic mass is 10.3. The second kappa shape index (κ2) is 3.15. The largest absolute Gasteiger partial charge is 0.341 e. The lowest BCUT2D eigenvalue weighted by Gasteiger charge is -2.19. The van der Waals surface area contributed by atoms with Crippen LogP contribution in [0.2, 0.25) is 0 Å². The van der Waals surface area contributed by atoms with Crippen LogP contribution in [0.1, 0.15) is 12.8 Å². The van der Waals surface area contributed by atoms with Gasteiger partial charge in [0, 0.05) is 12.2 Å². The highest BCUT2D eigenvalue weighted by atomic mass is 32.2. The molecule has 1 heterocycles. The molecule has 56 valence electrons. The summed E-state index contributed by atoms with van der Waals surface area (Å²) in [5.41, 5.74) is 1.22. The van der Waals surface area contributed by atoms with Crippen LogP contribution in [0.3, 0.4) is 0 Å². The van der Waals surface area contributed by atoms with Crippen molar-refractivity contribution in [2.24, 2.45) is 0 Å². The summed E-state index contributed by atoms with van der Waals surface area (Å²) >= 11 is 1.70. The van der Waals surface area contributed by atoms with Crippen molar-refractivity contribution >= 4 is 11.8 Å². The molecule has 1 saturated heterocycles. The molecule has 1 aliphatic rings. The van der Waals surface area contributed by atoms with Crippen LogP contribution >= 0.6 is 11.8 Å². The highest BCUT2D eigenvalue weighted by molar-refractivity contribution is 8.02. The van der Waals surface area contributed by atoms with Gasteiger partial charge in [-0.3, -0.25) is 0 Å². The molecule has 0 amide bonds. The monoisotopic (exact) mass is 155 g/mol. The average molecular weight is 155 g/mol. The zero-order chi connectivity index (χ0) is 7.56. The molecule has 0 N–H and O–H groups in total. The van der Waals surface area contributed by atoms with Crippen LogP contribution in [-0.4, -0.2) is 17.7 Å². The molecule has 0 unspecified atom stereocenters. The van der Waals surface area contributed by atoms with Crippen molar-refractivity contribution in [2.45, 2.75) is 12.8 Å². The Hall–Kier alpha value is -0.370. The first-order valence-corrected chi connectivity index (χ1v) is 4.66. The Morgan fingerprint density at radius 3 is 2.80 bits per heavy atom. The summed E-state index contributed by atoms with van der Waals surface area (Å²) in [7, 11) is 0. The molecule has 0 atom stereocenters. The topological polar surface area (TPSA) is 3.24 Å². The van der Waals surface area contributed by atoms with E-state index in [2.05, 4.69) is 18.1 Å². The predicted molar refractivity (Wildman–Crippen MR) is 47.7 cm³/mol. The number of nitrogens with zero attached hydrogens (tertiary/aromatic N) is 1. The van der Waals surface area contributed by atoms with Crippen LogP contribution in [0.5, 0.6) is 0 Å². The standard InChI is InChI=1S/C8H13NS/c1-7-5-4-6-9(7)8(2)10-3/h1-2,4-6H2,3H3. The Kier molecular flexibility index (Phi) is 2.44. The quantitative estimate of drug-likeness (QED) is 0.602. The molecule has 1 rings (SSSR count). The van der Waals surface area contributed by atoms with E-state index in [1.165, 1.54) is 12.1 Å². The Morgan fingerprint density at radius 1 is 1.70 bits per heavy atom. The number of thioether (sulfide) groups is 1. The fourth-order valence-electron chi connectivity index (χ4n) is 1.15. The number of allylic oxidation sites excluding steroid dienone is 1. The smallest absolute Gasteiger partial charge is 0.0673 e. The second-order valence-corrected chi connectivity index (χ2v) is 3.30. The normalized spacial score (nSPS) is 18.1. The van der Waals surface area contributed by atoms with Gasteiger partial charge in [0.25, 0.3) is 0 Å². The van der Waals surface area contributed by atoms with Crippen molar-refractivity contribution in [3.63, 3.8) is 0 Å². The van der Waals surface area contributed by atoms with E-state index in [-0.39, 0.29) is 0 Å². The molecule has 0 spiro atoms. The minimum Gasteiger partial charge on any atom is -0.341 e. The molecule has 0 radical (unpaired) electrons. The van der Waals surface area contributed by atoms with Gasteiger partial charge in [-0.25, -0.2) is 0 Å². The minimum absolute atomic E-state index is 1.11. The van der Waals surface area contributed by atoms with Crippen LogP contribution in [0, 0.1) is 0 Å². The summed E-state index contributed by atoms with van der Waals surface area (Å²) in [5, 5.41) is 1.13. The zero-order valence-electron chi connectivity index (χ0n) is 6.39. The fraction of sp³-hybridized carbons (Fsp3) is 0.500. The van der Waals surface area contributed by atoms with Gasteiger partial charge in [-0.2, -0.15) is 0 Å². The van der Waals surface area contributed by atoms with E-state index in [4.69, 9.17) is 0 Å². The van der Waals surface area contributed by atoms with Crippen LogP contribution in [0.15, 0.2) is 23.9 Å². The second-order valence-electron chi connectivity index (χ2n) is 2.42.